The molecule has 4 heteroatoms. The Labute approximate surface area is 179 Å². The van der Waals surface area contributed by atoms with Crippen molar-refractivity contribution in [3.8, 4) is 11.4 Å². The second-order valence-corrected chi connectivity index (χ2v) is 7.46. The van der Waals surface area contributed by atoms with Gasteiger partial charge in [0.25, 0.3) is 0 Å². The fourth-order valence-electron chi connectivity index (χ4n) is 4.12. The predicted octanol–water partition coefficient (Wildman–Crippen LogP) is 5.49. The van der Waals surface area contributed by atoms with Gasteiger partial charge in [-0.2, -0.15) is 0 Å². The number of nitrogens with two attached hydrogens (primary N) is 1. The molecular weight excluding hydrogens is 510 g/mol. The summed E-state index contributed by atoms with van der Waals surface area (Å²) in [7, 11) is 0. The molecule has 1 aliphatic carbocycles. The van der Waals surface area contributed by atoms with E-state index in [2.05, 4.69) is 37.7 Å². The Balaban J connectivity index is 0.000000467. The molecule has 4 unspecified atom stereocenters. The number of nitrogens with zero attached hydrogens (tertiary/aromatic N) is 2. The van der Waals surface area contributed by atoms with Crippen molar-refractivity contribution >= 4 is 0 Å². The smallest absolute Gasteiger partial charge is 0.0886 e. The molecule has 1 saturated carbocycles. The van der Waals surface area contributed by atoms with Gasteiger partial charge in [0.2, 0.25) is 0 Å². The molecule has 153 valence electrons. The van der Waals surface area contributed by atoms with Gasteiger partial charge in [0.15, 0.2) is 0 Å². The Bertz CT molecular complexity index is 554. The van der Waals surface area contributed by atoms with E-state index >= 15 is 0 Å². The van der Waals surface area contributed by atoms with Gasteiger partial charge in [-0.25, -0.2) is 0 Å². The van der Waals surface area contributed by atoms with Gasteiger partial charge in [-0.3, -0.25) is 9.97 Å². The molecule has 0 bridgehead atoms. The number of rotatable bonds is 4. The van der Waals surface area contributed by atoms with Gasteiger partial charge in [-0.05, 0) is 73.2 Å². The maximum atomic E-state index is 5.57. The molecule has 27 heavy (non-hydrogen) atoms. The first-order valence-electron chi connectivity index (χ1n) is 9.58. The summed E-state index contributed by atoms with van der Waals surface area (Å²) in [5, 5.41) is 0. The first kappa shape index (κ1) is 25.9. The summed E-state index contributed by atoms with van der Waals surface area (Å²) in [6.07, 6.45) is 6.08. The van der Waals surface area contributed by atoms with Gasteiger partial charge in [0.05, 0.1) is 11.4 Å². The summed E-state index contributed by atoms with van der Waals surface area (Å²) in [6, 6.07) is 11.6. The molecule has 2 heterocycles. The normalized spacial score (nSPS) is 26.2. The minimum atomic E-state index is 0. The Hall–Kier alpha value is -1.09. The number of hydrogen-bond acceptors (Lipinski definition) is 3. The monoisotopic (exact) mass is 547 g/mol. The topological polar surface area (TPSA) is 51.8 Å². The SMILES string of the molecule is CC1C(C)C(C)C(CCCN)C1C.[CH3-].[Ir].c1ccc(-c2ccccn2)nc1. The van der Waals surface area contributed by atoms with Crippen molar-refractivity contribution in [3.05, 3.63) is 56.2 Å². The van der Waals surface area contributed by atoms with E-state index < -0.39 is 0 Å². The third-order valence-corrected chi connectivity index (χ3v) is 6.17. The predicted molar refractivity (Wildman–Crippen MR) is 112 cm³/mol. The summed E-state index contributed by atoms with van der Waals surface area (Å²) < 4.78 is 0. The number of aromatic nitrogens is 2. The maximum absolute atomic E-state index is 5.57. The van der Waals surface area contributed by atoms with E-state index in [9.17, 15) is 0 Å². The van der Waals surface area contributed by atoms with Crippen LogP contribution < -0.4 is 5.73 Å². The Morgan fingerprint density at radius 1 is 0.778 bits per heavy atom. The largest absolute Gasteiger partial charge is 0.358 e. The summed E-state index contributed by atoms with van der Waals surface area (Å²) >= 11 is 0. The average molecular weight is 547 g/mol. The first-order chi connectivity index (χ1) is 12.1. The summed E-state index contributed by atoms with van der Waals surface area (Å²) in [5.74, 6) is 4.53. The van der Waals surface area contributed by atoms with Crippen LogP contribution in [0.3, 0.4) is 0 Å². The zero-order valence-corrected chi connectivity index (χ0v) is 19.8. The van der Waals surface area contributed by atoms with E-state index in [1.54, 1.807) is 12.4 Å². The van der Waals surface area contributed by atoms with Crippen molar-refractivity contribution in [2.24, 2.45) is 35.3 Å². The van der Waals surface area contributed by atoms with Crippen molar-refractivity contribution in [1.29, 1.82) is 0 Å². The van der Waals surface area contributed by atoms with Crippen LogP contribution in [0.15, 0.2) is 48.8 Å². The van der Waals surface area contributed by atoms with E-state index in [1.807, 2.05) is 36.4 Å². The van der Waals surface area contributed by atoms with Gasteiger partial charge in [-0.1, -0.05) is 39.8 Å². The number of hydrogen-bond donors (Lipinski definition) is 1. The average Bonchev–Trinajstić information content (AvgIpc) is 2.85. The first-order valence-corrected chi connectivity index (χ1v) is 9.58. The van der Waals surface area contributed by atoms with Crippen LogP contribution in [0.2, 0.25) is 0 Å². The van der Waals surface area contributed by atoms with E-state index in [0.717, 1.165) is 47.5 Å². The fourth-order valence-corrected chi connectivity index (χ4v) is 4.12. The molecule has 1 aliphatic rings. The number of pyridine rings is 2. The zero-order chi connectivity index (χ0) is 18.2. The van der Waals surface area contributed by atoms with Crippen LogP contribution in [0.4, 0.5) is 0 Å². The van der Waals surface area contributed by atoms with Crippen LogP contribution in [-0.4, -0.2) is 16.5 Å². The molecule has 1 radical (unpaired) electrons. The maximum Gasteiger partial charge on any atom is 0.0886 e. The molecule has 0 amide bonds. The molecular formula is C23H36IrN3-. The zero-order valence-electron chi connectivity index (χ0n) is 17.4. The van der Waals surface area contributed by atoms with Crippen molar-refractivity contribution < 1.29 is 20.1 Å². The molecule has 3 rings (SSSR count). The molecule has 2 N–H and O–H groups in total. The molecule has 0 saturated heterocycles. The molecule has 3 nitrogen and oxygen atoms in total. The molecule has 1 fully saturated rings. The van der Waals surface area contributed by atoms with Crippen LogP contribution >= 0.6 is 0 Å². The van der Waals surface area contributed by atoms with Crippen molar-refractivity contribution in [1.82, 2.24) is 9.97 Å². The Morgan fingerprint density at radius 3 is 1.56 bits per heavy atom. The Kier molecular flexibility index (Phi) is 12.6. The van der Waals surface area contributed by atoms with Gasteiger partial charge in [-0.15, -0.1) is 0 Å². The molecule has 2 aromatic heterocycles. The molecule has 2 aromatic rings. The minimum Gasteiger partial charge on any atom is -0.358 e. The van der Waals surface area contributed by atoms with Crippen LogP contribution in [0.25, 0.3) is 11.4 Å². The third-order valence-electron chi connectivity index (χ3n) is 6.17. The fraction of sp³-hybridized carbons (Fsp3) is 0.522. The Morgan fingerprint density at radius 2 is 1.22 bits per heavy atom. The standard InChI is InChI=1S/C12H25N.C10H8N2.CH3.Ir/c1-8-9(2)11(4)12(10(8)3)6-5-7-13;1-3-7-11-9(5-1)10-6-2-4-8-12-10;;/h8-12H,5-7,13H2,1-4H3;1-8H;1H3;/q;;-1;. The van der Waals surface area contributed by atoms with Crippen molar-refractivity contribution in [2.45, 2.75) is 40.5 Å². The van der Waals surface area contributed by atoms with Crippen LogP contribution in [0, 0.1) is 37.0 Å². The van der Waals surface area contributed by atoms with E-state index in [-0.39, 0.29) is 27.5 Å². The van der Waals surface area contributed by atoms with E-state index in [0.29, 0.717) is 0 Å². The molecule has 0 spiro atoms. The second kappa shape index (κ2) is 13.1. The minimum absolute atomic E-state index is 0. The van der Waals surface area contributed by atoms with E-state index in [4.69, 9.17) is 5.73 Å². The van der Waals surface area contributed by atoms with Gasteiger partial charge in [0.1, 0.15) is 0 Å². The van der Waals surface area contributed by atoms with Gasteiger partial charge < -0.3 is 13.2 Å². The third kappa shape index (κ3) is 7.10. The van der Waals surface area contributed by atoms with E-state index in [1.165, 1.54) is 12.8 Å². The summed E-state index contributed by atoms with van der Waals surface area (Å²) in [5.41, 5.74) is 7.40. The van der Waals surface area contributed by atoms with Gasteiger partial charge >= 0.3 is 0 Å². The van der Waals surface area contributed by atoms with Gasteiger partial charge in [0, 0.05) is 32.5 Å². The summed E-state index contributed by atoms with van der Waals surface area (Å²) in [6.45, 7) is 10.5. The molecule has 4 atom stereocenters. The molecule has 0 aliphatic heterocycles. The van der Waals surface area contributed by atoms with Crippen molar-refractivity contribution in [2.75, 3.05) is 6.54 Å². The second-order valence-electron chi connectivity index (χ2n) is 7.46. The van der Waals surface area contributed by atoms with Crippen LogP contribution in [0.5, 0.6) is 0 Å². The van der Waals surface area contributed by atoms with Crippen molar-refractivity contribution in [3.63, 3.8) is 0 Å². The molecule has 0 aromatic carbocycles. The quantitative estimate of drug-likeness (QED) is 0.516. The van der Waals surface area contributed by atoms with Crippen LogP contribution in [-0.2, 0) is 20.1 Å². The van der Waals surface area contributed by atoms with Crippen LogP contribution in [0.1, 0.15) is 40.5 Å². The summed E-state index contributed by atoms with van der Waals surface area (Å²) in [4.78, 5) is 8.37.